The number of urea groups is 1. The molecule has 0 saturated heterocycles. The Morgan fingerprint density at radius 2 is 1.88 bits per heavy atom. The lowest BCUT2D eigenvalue weighted by Crippen LogP contribution is -2.32. The molecule has 0 bridgehead atoms. The molecule has 0 spiro atoms. The normalized spacial score (nSPS) is 11.1. The SMILES string of the molecule is CCN(CC)CCCNC(=O)Nc1cc(-c2ccc3c(c2)c(Cl)cn3C(=O)[N+](C)=O)ccn1. The highest BCUT2D eigenvalue weighted by Crippen LogP contribution is 2.31. The number of fused-ring (bicyclic) bond motifs is 1. The quantitative estimate of drug-likeness (QED) is 0.370. The Bertz CT molecular complexity index is 1170. The van der Waals surface area contributed by atoms with E-state index < -0.39 is 6.03 Å². The maximum Gasteiger partial charge on any atom is 0.541 e. The molecule has 0 fully saturated rings. The Kier molecular flexibility index (Phi) is 8.13. The summed E-state index contributed by atoms with van der Waals surface area (Å²) in [5.41, 5.74) is 2.18. The standard InChI is InChI=1S/C23H27ClN6O3/c1-4-29(5-2)12-6-10-26-22(31)27-21-14-17(9-11-25-21)16-7-8-20-18(13-16)19(24)15-30(20)23(32)28(3)33/h7-9,11,13-15H,4-6,10,12H2,1-3H3,(H-,25,26,27,31)/p+1. The van der Waals surface area contributed by atoms with Gasteiger partial charge in [-0.25, -0.2) is 9.78 Å². The Balaban J connectivity index is 1.70. The van der Waals surface area contributed by atoms with E-state index in [4.69, 9.17) is 11.6 Å². The lowest BCUT2D eigenvalue weighted by Gasteiger charge is -2.17. The molecule has 0 atom stereocenters. The number of rotatable bonds is 8. The van der Waals surface area contributed by atoms with Crippen molar-refractivity contribution in [2.24, 2.45) is 0 Å². The number of aromatic nitrogens is 2. The van der Waals surface area contributed by atoms with E-state index in [9.17, 15) is 14.5 Å². The zero-order valence-corrected chi connectivity index (χ0v) is 19.7. The first-order valence-electron chi connectivity index (χ1n) is 10.8. The molecule has 2 heterocycles. The molecular formula is C23H28ClN6O3+. The molecule has 33 heavy (non-hydrogen) atoms. The third-order valence-electron chi connectivity index (χ3n) is 5.40. The summed E-state index contributed by atoms with van der Waals surface area (Å²) >= 11 is 6.31. The zero-order chi connectivity index (χ0) is 24.0. The molecular weight excluding hydrogens is 444 g/mol. The summed E-state index contributed by atoms with van der Waals surface area (Å²) in [5.74, 6) is 0.417. The van der Waals surface area contributed by atoms with Crippen LogP contribution in [-0.2, 0) is 0 Å². The topological polar surface area (TPSA) is 99.3 Å². The van der Waals surface area contributed by atoms with Gasteiger partial charge in [0, 0.05) is 22.9 Å². The molecule has 174 valence electrons. The number of benzene rings is 1. The van der Waals surface area contributed by atoms with Gasteiger partial charge in [0.2, 0.25) is 0 Å². The molecule has 2 N–H and O–H groups in total. The van der Waals surface area contributed by atoms with E-state index in [0.717, 1.165) is 44.2 Å². The number of nitrogens with one attached hydrogen (secondary N) is 2. The predicted octanol–water partition coefficient (Wildman–Crippen LogP) is 4.59. The van der Waals surface area contributed by atoms with Gasteiger partial charge in [-0.1, -0.05) is 36.4 Å². The van der Waals surface area contributed by atoms with Crippen LogP contribution in [0.15, 0.2) is 42.7 Å². The van der Waals surface area contributed by atoms with Crippen molar-refractivity contribution in [3.63, 3.8) is 0 Å². The molecule has 3 amide bonds. The number of nitroso groups, excluding NO2 is 1. The van der Waals surface area contributed by atoms with E-state index in [1.807, 2.05) is 18.2 Å². The van der Waals surface area contributed by atoms with Gasteiger partial charge in [-0.15, -0.1) is 0 Å². The fraction of sp³-hybridized carbons (Fsp3) is 0.348. The van der Waals surface area contributed by atoms with Gasteiger partial charge in [0.05, 0.1) is 5.02 Å². The third kappa shape index (κ3) is 5.94. The van der Waals surface area contributed by atoms with Crippen LogP contribution in [0.3, 0.4) is 0 Å². The van der Waals surface area contributed by atoms with Crippen molar-refractivity contribution in [1.82, 2.24) is 19.8 Å². The lowest BCUT2D eigenvalue weighted by atomic mass is 10.1. The molecule has 3 aromatic rings. The van der Waals surface area contributed by atoms with Gasteiger partial charge in [0.15, 0.2) is 0 Å². The maximum absolute atomic E-state index is 12.2. The van der Waals surface area contributed by atoms with Gasteiger partial charge in [0.25, 0.3) is 0 Å². The molecule has 0 unspecified atom stereocenters. The first kappa shape index (κ1) is 24.3. The summed E-state index contributed by atoms with van der Waals surface area (Å²) in [6.45, 7) is 7.73. The smallest absolute Gasteiger partial charge is 0.338 e. The van der Waals surface area contributed by atoms with Crippen LogP contribution in [0.1, 0.15) is 20.3 Å². The van der Waals surface area contributed by atoms with Crippen molar-refractivity contribution in [3.8, 4) is 11.1 Å². The van der Waals surface area contributed by atoms with E-state index in [1.165, 1.54) is 10.8 Å². The van der Waals surface area contributed by atoms with Gasteiger partial charge in [0.1, 0.15) is 24.6 Å². The number of amides is 3. The molecule has 0 aliphatic rings. The minimum Gasteiger partial charge on any atom is -0.338 e. The Hall–Kier alpha value is -3.30. The second-order valence-electron chi connectivity index (χ2n) is 7.55. The van der Waals surface area contributed by atoms with Crippen molar-refractivity contribution < 1.29 is 14.3 Å². The van der Waals surface area contributed by atoms with Crippen LogP contribution in [-0.4, -0.2) is 64.5 Å². The molecule has 0 aliphatic carbocycles. The fourth-order valence-electron chi connectivity index (χ4n) is 3.56. The number of anilines is 1. The van der Waals surface area contributed by atoms with Crippen LogP contribution < -0.4 is 10.6 Å². The largest absolute Gasteiger partial charge is 0.541 e. The van der Waals surface area contributed by atoms with Crippen molar-refractivity contribution in [2.75, 3.05) is 38.5 Å². The van der Waals surface area contributed by atoms with Crippen LogP contribution >= 0.6 is 11.6 Å². The highest BCUT2D eigenvalue weighted by molar-refractivity contribution is 6.36. The number of nitrogens with zero attached hydrogens (tertiary/aromatic N) is 4. The van der Waals surface area contributed by atoms with Crippen LogP contribution in [0.5, 0.6) is 0 Å². The summed E-state index contributed by atoms with van der Waals surface area (Å²) in [5, 5.41) is 6.61. The van der Waals surface area contributed by atoms with Gasteiger partial charge >= 0.3 is 12.1 Å². The molecule has 10 heteroatoms. The van der Waals surface area contributed by atoms with Crippen LogP contribution in [0.25, 0.3) is 22.0 Å². The van der Waals surface area contributed by atoms with Gasteiger partial charge in [-0.05, 0) is 61.4 Å². The molecule has 3 rings (SSSR count). The van der Waals surface area contributed by atoms with E-state index >= 15 is 0 Å². The molecule has 0 saturated carbocycles. The van der Waals surface area contributed by atoms with Gasteiger partial charge in [-0.3, -0.25) is 5.32 Å². The van der Waals surface area contributed by atoms with Crippen molar-refractivity contribution in [2.45, 2.75) is 20.3 Å². The molecule has 0 radical (unpaired) electrons. The molecule has 9 nitrogen and oxygen atoms in total. The van der Waals surface area contributed by atoms with Gasteiger partial charge in [-0.2, -0.15) is 9.36 Å². The Morgan fingerprint density at radius 3 is 2.58 bits per heavy atom. The third-order valence-corrected chi connectivity index (χ3v) is 5.70. The first-order valence-corrected chi connectivity index (χ1v) is 11.2. The van der Waals surface area contributed by atoms with E-state index in [1.54, 1.807) is 18.3 Å². The average molecular weight is 472 g/mol. The minimum atomic E-state index is -0.724. The highest BCUT2D eigenvalue weighted by Gasteiger charge is 2.24. The number of hydrogen-bond acceptors (Lipinski definition) is 5. The number of hydrogen-bond donors (Lipinski definition) is 2. The van der Waals surface area contributed by atoms with Crippen molar-refractivity contribution in [1.29, 1.82) is 0 Å². The summed E-state index contributed by atoms with van der Waals surface area (Å²) < 4.78 is 1.47. The predicted molar refractivity (Wildman–Crippen MR) is 130 cm³/mol. The molecule has 0 aliphatic heterocycles. The van der Waals surface area contributed by atoms with Crippen LogP contribution in [0.2, 0.25) is 5.02 Å². The van der Waals surface area contributed by atoms with Gasteiger partial charge < -0.3 is 10.2 Å². The number of carbonyl (C=O) groups is 2. The molecule has 1 aromatic carbocycles. The molecule has 2 aromatic heterocycles. The highest BCUT2D eigenvalue weighted by atomic mass is 35.5. The lowest BCUT2D eigenvalue weighted by molar-refractivity contribution is -0.416. The van der Waals surface area contributed by atoms with Crippen molar-refractivity contribution >= 4 is 40.4 Å². The van der Waals surface area contributed by atoms with Crippen molar-refractivity contribution in [3.05, 3.63) is 52.7 Å². The van der Waals surface area contributed by atoms with Crippen LogP contribution in [0, 0.1) is 4.91 Å². The minimum absolute atomic E-state index is 0.249. The Labute approximate surface area is 197 Å². The summed E-state index contributed by atoms with van der Waals surface area (Å²) in [6, 6.07) is 7.92. The number of pyridine rings is 1. The first-order chi connectivity index (χ1) is 15.8. The second-order valence-corrected chi connectivity index (χ2v) is 7.96. The summed E-state index contributed by atoms with van der Waals surface area (Å²) in [7, 11) is 1.14. The number of halogens is 1. The number of carbonyl (C=O) groups excluding carboxylic acids is 2. The monoisotopic (exact) mass is 471 g/mol. The van der Waals surface area contributed by atoms with E-state index in [-0.39, 0.29) is 10.8 Å². The fourth-order valence-corrected chi connectivity index (χ4v) is 3.81. The second kappa shape index (κ2) is 11.0. The Morgan fingerprint density at radius 1 is 1.15 bits per heavy atom. The van der Waals surface area contributed by atoms with Crippen LogP contribution in [0.4, 0.5) is 15.4 Å². The summed E-state index contributed by atoms with van der Waals surface area (Å²) in [4.78, 5) is 42.2. The average Bonchev–Trinajstić information content (AvgIpc) is 3.14. The summed E-state index contributed by atoms with van der Waals surface area (Å²) in [6.07, 6.45) is 3.91. The zero-order valence-electron chi connectivity index (χ0n) is 19.0. The van der Waals surface area contributed by atoms with E-state index in [0.29, 0.717) is 28.3 Å². The maximum atomic E-state index is 12.2. The van der Waals surface area contributed by atoms with E-state index in [2.05, 4.69) is 34.4 Å².